The van der Waals surface area contributed by atoms with Gasteiger partial charge in [-0.05, 0) is 39.9 Å². The first-order valence-corrected chi connectivity index (χ1v) is 5.68. The van der Waals surface area contributed by atoms with Gasteiger partial charge in [0, 0.05) is 20.1 Å². The molecule has 1 atom stereocenters. The van der Waals surface area contributed by atoms with E-state index in [0.717, 1.165) is 25.9 Å². The summed E-state index contributed by atoms with van der Waals surface area (Å²) in [6.07, 6.45) is 2.28. The molecule has 4 heteroatoms. The van der Waals surface area contributed by atoms with Gasteiger partial charge in [-0.1, -0.05) is 0 Å². The molecule has 88 valence electrons. The van der Waals surface area contributed by atoms with Gasteiger partial charge in [0.1, 0.15) is 0 Å². The summed E-state index contributed by atoms with van der Waals surface area (Å²) in [6, 6.07) is 0.535. The van der Waals surface area contributed by atoms with Crippen LogP contribution in [0, 0.1) is 0 Å². The van der Waals surface area contributed by atoms with Crippen molar-refractivity contribution in [3.05, 3.63) is 0 Å². The molecule has 1 unspecified atom stereocenters. The highest BCUT2D eigenvalue weighted by Gasteiger charge is 2.26. The van der Waals surface area contributed by atoms with Crippen LogP contribution in [0.25, 0.3) is 0 Å². The van der Waals surface area contributed by atoms with Crippen LogP contribution in [-0.4, -0.2) is 62.0 Å². The highest BCUT2D eigenvalue weighted by molar-refractivity contribution is 5.80. The Labute approximate surface area is 92.6 Å². The molecule has 0 radical (unpaired) electrons. The van der Waals surface area contributed by atoms with Gasteiger partial charge in [0.2, 0.25) is 5.91 Å². The van der Waals surface area contributed by atoms with Gasteiger partial charge in [-0.25, -0.2) is 0 Å². The molecule has 0 aromatic rings. The first-order chi connectivity index (χ1) is 7.04. The minimum absolute atomic E-state index is 0.0110. The molecule has 1 aliphatic rings. The zero-order chi connectivity index (χ0) is 11.4. The topological polar surface area (TPSA) is 35.6 Å². The molecule has 0 aromatic carbocycles. The highest BCUT2D eigenvalue weighted by atomic mass is 16.2. The first kappa shape index (κ1) is 12.5. The first-order valence-electron chi connectivity index (χ1n) is 5.68. The van der Waals surface area contributed by atoms with Gasteiger partial charge in [-0.3, -0.25) is 9.69 Å². The second-order valence-corrected chi connectivity index (χ2v) is 4.56. The standard InChI is InChI=1S/C11H23N3O/c1-9(11(15)13(2)3)14(4)10-5-7-12-8-6-10/h9-10,12H,5-8H2,1-4H3. The van der Waals surface area contributed by atoms with E-state index in [4.69, 9.17) is 0 Å². The van der Waals surface area contributed by atoms with E-state index >= 15 is 0 Å². The van der Waals surface area contributed by atoms with Crippen LogP contribution in [0.1, 0.15) is 19.8 Å². The molecule has 4 nitrogen and oxygen atoms in total. The zero-order valence-electron chi connectivity index (χ0n) is 10.3. The average molecular weight is 213 g/mol. The summed E-state index contributed by atoms with van der Waals surface area (Å²) in [5.41, 5.74) is 0. The summed E-state index contributed by atoms with van der Waals surface area (Å²) in [4.78, 5) is 15.7. The second kappa shape index (κ2) is 5.47. The number of piperidine rings is 1. The molecule has 1 saturated heterocycles. The fraction of sp³-hybridized carbons (Fsp3) is 0.909. The van der Waals surface area contributed by atoms with Crippen molar-refractivity contribution in [1.29, 1.82) is 0 Å². The van der Waals surface area contributed by atoms with Crippen LogP contribution in [0.5, 0.6) is 0 Å². The van der Waals surface area contributed by atoms with E-state index in [2.05, 4.69) is 17.3 Å². The molecule has 0 aromatic heterocycles. The normalized spacial score (nSPS) is 20.3. The summed E-state index contributed by atoms with van der Waals surface area (Å²) in [6.45, 7) is 4.13. The Balaban J connectivity index is 2.50. The third kappa shape index (κ3) is 3.18. The number of hydrogen-bond donors (Lipinski definition) is 1. The summed E-state index contributed by atoms with van der Waals surface area (Å²) in [5, 5.41) is 3.34. The molecule has 0 spiro atoms. The van der Waals surface area contributed by atoms with Gasteiger partial charge in [0.05, 0.1) is 6.04 Å². The van der Waals surface area contributed by atoms with Gasteiger partial charge in [0.25, 0.3) is 0 Å². The van der Waals surface area contributed by atoms with Crippen LogP contribution >= 0.6 is 0 Å². The van der Waals surface area contributed by atoms with Gasteiger partial charge in [0.15, 0.2) is 0 Å². The van der Waals surface area contributed by atoms with Crippen LogP contribution in [0.15, 0.2) is 0 Å². The Morgan fingerprint density at radius 2 is 1.80 bits per heavy atom. The van der Waals surface area contributed by atoms with E-state index in [1.165, 1.54) is 0 Å². The molecule has 0 saturated carbocycles. The zero-order valence-corrected chi connectivity index (χ0v) is 10.3. The van der Waals surface area contributed by atoms with Crippen molar-refractivity contribution in [2.24, 2.45) is 0 Å². The quantitative estimate of drug-likeness (QED) is 0.725. The third-order valence-corrected chi connectivity index (χ3v) is 3.29. The minimum Gasteiger partial charge on any atom is -0.347 e. The maximum Gasteiger partial charge on any atom is 0.239 e. The lowest BCUT2D eigenvalue weighted by Crippen LogP contribution is -2.50. The number of nitrogens with zero attached hydrogens (tertiary/aromatic N) is 2. The van der Waals surface area contributed by atoms with Crippen LogP contribution in [0.4, 0.5) is 0 Å². The van der Waals surface area contributed by atoms with Crippen molar-refractivity contribution in [3.63, 3.8) is 0 Å². The number of carbonyl (C=O) groups is 1. The molecular weight excluding hydrogens is 190 g/mol. The van der Waals surface area contributed by atoms with E-state index in [9.17, 15) is 4.79 Å². The van der Waals surface area contributed by atoms with E-state index < -0.39 is 0 Å². The summed E-state index contributed by atoms with van der Waals surface area (Å²) >= 11 is 0. The van der Waals surface area contributed by atoms with Crippen LogP contribution in [-0.2, 0) is 4.79 Å². The van der Waals surface area contributed by atoms with Crippen molar-refractivity contribution < 1.29 is 4.79 Å². The van der Waals surface area contributed by atoms with Crippen molar-refractivity contribution in [2.45, 2.75) is 31.8 Å². The molecule has 1 heterocycles. The van der Waals surface area contributed by atoms with E-state index in [1.54, 1.807) is 4.90 Å². The minimum atomic E-state index is -0.0110. The molecule has 15 heavy (non-hydrogen) atoms. The summed E-state index contributed by atoms with van der Waals surface area (Å²) in [5.74, 6) is 0.191. The predicted molar refractivity (Wildman–Crippen MR) is 61.8 cm³/mol. The SMILES string of the molecule is CC(C(=O)N(C)C)N(C)C1CCNCC1. The number of rotatable bonds is 3. The maximum absolute atomic E-state index is 11.8. The number of likely N-dealkylation sites (N-methyl/N-ethyl adjacent to an activating group) is 2. The Kier molecular flexibility index (Phi) is 4.54. The molecular formula is C11H23N3O. The maximum atomic E-state index is 11.8. The number of hydrogen-bond acceptors (Lipinski definition) is 3. The van der Waals surface area contributed by atoms with Gasteiger partial charge >= 0.3 is 0 Å². The summed E-state index contributed by atoms with van der Waals surface area (Å²) < 4.78 is 0. The lowest BCUT2D eigenvalue weighted by Gasteiger charge is -2.35. The highest BCUT2D eigenvalue weighted by Crippen LogP contribution is 2.13. The van der Waals surface area contributed by atoms with Gasteiger partial charge in [-0.2, -0.15) is 0 Å². The fourth-order valence-corrected chi connectivity index (χ4v) is 2.08. The number of amides is 1. The fourth-order valence-electron chi connectivity index (χ4n) is 2.08. The smallest absolute Gasteiger partial charge is 0.239 e. The molecule has 1 rings (SSSR count). The summed E-state index contributed by atoms with van der Waals surface area (Å²) in [7, 11) is 5.69. The van der Waals surface area contributed by atoms with Gasteiger partial charge < -0.3 is 10.2 Å². The van der Waals surface area contributed by atoms with E-state index in [0.29, 0.717) is 6.04 Å². The molecule has 0 aliphatic carbocycles. The van der Waals surface area contributed by atoms with Crippen molar-refractivity contribution in [2.75, 3.05) is 34.2 Å². The van der Waals surface area contributed by atoms with Crippen molar-refractivity contribution in [3.8, 4) is 0 Å². The third-order valence-electron chi connectivity index (χ3n) is 3.29. The van der Waals surface area contributed by atoms with Crippen LogP contribution in [0.3, 0.4) is 0 Å². The molecule has 0 bridgehead atoms. The molecule has 1 N–H and O–H groups in total. The molecule has 1 fully saturated rings. The number of nitrogens with one attached hydrogen (secondary N) is 1. The van der Waals surface area contributed by atoms with Crippen LogP contribution < -0.4 is 5.32 Å². The lowest BCUT2D eigenvalue weighted by atomic mass is 10.0. The van der Waals surface area contributed by atoms with Crippen LogP contribution in [0.2, 0.25) is 0 Å². The second-order valence-electron chi connectivity index (χ2n) is 4.56. The molecule has 1 amide bonds. The monoisotopic (exact) mass is 213 g/mol. The van der Waals surface area contributed by atoms with Gasteiger partial charge in [-0.15, -0.1) is 0 Å². The Bertz CT molecular complexity index is 212. The lowest BCUT2D eigenvalue weighted by molar-refractivity contribution is -0.134. The van der Waals surface area contributed by atoms with Crippen molar-refractivity contribution >= 4 is 5.91 Å². The number of carbonyl (C=O) groups excluding carboxylic acids is 1. The van der Waals surface area contributed by atoms with Crippen molar-refractivity contribution in [1.82, 2.24) is 15.1 Å². The molecule has 1 aliphatic heterocycles. The average Bonchev–Trinajstić information content (AvgIpc) is 2.27. The predicted octanol–water partition coefficient (Wildman–Crippen LogP) is 0.147. The largest absolute Gasteiger partial charge is 0.347 e. The Hall–Kier alpha value is -0.610. The Morgan fingerprint density at radius 1 is 1.27 bits per heavy atom. The van der Waals surface area contributed by atoms with E-state index in [-0.39, 0.29) is 11.9 Å². The van der Waals surface area contributed by atoms with E-state index in [1.807, 2.05) is 21.0 Å². The Morgan fingerprint density at radius 3 is 2.27 bits per heavy atom.